The first kappa shape index (κ1) is 15.0. The van der Waals surface area contributed by atoms with Crippen molar-refractivity contribution in [3.05, 3.63) is 17.1 Å². The first-order chi connectivity index (χ1) is 9.28. The maximum Gasteiger partial charge on any atom is 0.407 e. The summed E-state index contributed by atoms with van der Waals surface area (Å²) in [5.74, 6) is 0.510. The van der Waals surface area contributed by atoms with Crippen LogP contribution in [0.4, 0.5) is 4.79 Å². The Morgan fingerprint density at radius 2 is 1.85 bits per heavy atom. The lowest BCUT2D eigenvalue weighted by molar-refractivity contribution is 0.0396. The minimum atomic E-state index is -0.496. The number of allylic oxidation sites excluding steroid dienone is 1. The Labute approximate surface area is 120 Å². The summed E-state index contributed by atoms with van der Waals surface area (Å²) in [4.78, 5) is 22.8. The molecule has 5 heteroatoms. The van der Waals surface area contributed by atoms with Gasteiger partial charge in [0.25, 0.3) is 0 Å². The van der Waals surface area contributed by atoms with Crippen LogP contribution in [0.5, 0.6) is 0 Å². The Kier molecular flexibility index (Phi) is 4.16. The highest BCUT2D eigenvalue weighted by Gasteiger charge is 2.43. The van der Waals surface area contributed by atoms with E-state index in [4.69, 9.17) is 4.74 Å². The number of hydrogen-bond donors (Lipinski definition) is 1. The molecule has 0 saturated heterocycles. The summed E-state index contributed by atoms with van der Waals surface area (Å²) in [6.45, 7) is 9.62. The van der Waals surface area contributed by atoms with Gasteiger partial charge in [0.15, 0.2) is 0 Å². The standard InChI is InChI=1S/C15H24N2O3/c1-9-5-10-7-12(17-19)8-11(6-9)13(10)16-14(18)20-15(2,3)4/h10-13H,1,5-8H2,2-4H3,(H,16,18)/t10-,11+,12?,13?. The van der Waals surface area contributed by atoms with Crippen LogP contribution in [0.3, 0.4) is 0 Å². The predicted molar refractivity (Wildman–Crippen MR) is 77.3 cm³/mol. The van der Waals surface area contributed by atoms with Gasteiger partial charge in [-0.3, -0.25) is 0 Å². The van der Waals surface area contributed by atoms with Gasteiger partial charge in [-0.15, -0.1) is 0 Å². The smallest absolute Gasteiger partial charge is 0.407 e. The molecule has 0 aromatic heterocycles. The van der Waals surface area contributed by atoms with Crippen LogP contribution in [0.2, 0.25) is 0 Å². The SMILES string of the molecule is C=C1C[C@@H]2CC(N=O)C[C@H](C1)C2NC(=O)OC(C)(C)C. The Balaban J connectivity index is 2.02. The average molecular weight is 280 g/mol. The van der Waals surface area contributed by atoms with Crippen LogP contribution in [-0.4, -0.2) is 23.8 Å². The van der Waals surface area contributed by atoms with Gasteiger partial charge in [-0.2, -0.15) is 4.91 Å². The van der Waals surface area contributed by atoms with Crippen LogP contribution in [0, 0.1) is 16.7 Å². The molecule has 0 aromatic rings. The van der Waals surface area contributed by atoms with E-state index in [1.54, 1.807) is 0 Å². The van der Waals surface area contributed by atoms with Crippen molar-refractivity contribution < 1.29 is 9.53 Å². The Hall–Kier alpha value is -1.39. The molecule has 2 rings (SSSR count). The zero-order valence-corrected chi connectivity index (χ0v) is 12.5. The minimum absolute atomic E-state index is 0.0772. The second-order valence-corrected chi connectivity index (χ2v) is 7.08. The Morgan fingerprint density at radius 1 is 1.30 bits per heavy atom. The molecule has 20 heavy (non-hydrogen) atoms. The molecule has 0 radical (unpaired) electrons. The molecule has 2 fully saturated rings. The molecule has 4 atom stereocenters. The molecular weight excluding hydrogens is 256 g/mol. The van der Waals surface area contributed by atoms with Gasteiger partial charge in [0.05, 0.1) is 6.04 Å². The molecule has 0 aromatic carbocycles. The maximum atomic E-state index is 11.9. The van der Waals surface area contributed by atoms with Crippen molar-refractivity contribution in [3.8, 4) is 0 Å². The van der Waals surface area contributed by atoms with Crippen LogP contribution >= 0.6 is 0 Å². The van der Waals surface area contributed by atoms with Crippen LogP contribution < -0.4 is 5.32 Å². The van der Waals surface area contributed by atoms with E-state index in [-0.39, 0.29) is 30.0 Å². The average Bonchev–Trinajstić information content (AvgIpc) is 2.27. The van der Waals surface area contributed by atoms with E-state index in [2.05, 4.69) is 17.1 Å². The molecule has 5 nitrogen and oxygen atoms in total. The van der Waals surface area contributed by atoms with Gasteiger partial charge in [-0.1, -0.05) is 17.3 Å². The number of nitrogens with zero attached hydrogens (tertiary/aromatic N) is 1. The maximum absolute atomic E-state index is 11.9. The van der Waals surface area contributed by atoms with Crippen LogP contribution in [0.15, 0.2) is 17.3 Å². The van der Waals surface area contributed by atoms with Crippen LogP contribution in [-0.2, 0) is 4.74 Å². The number of nitroso groups, excluding NO2 is 1. The molecular formula is C15H24N2O3. The first-order valence-corrected chi connectivity index (χ1v) is 7.27. The minimum Gasteiger partial charge on any atom is -0.444 e. The topological polar surface area (TPSA) is 67.8 Å². The summed E-state index contributed by atoms with van der Waals surface area (Å²) in [5, 5.41) is 6.20. The van der Waals surface area contributed by atoms with Gasteiger partial charge < -0.3 is 10.1 Å². The van der Waals surface area contributed by atoms with Crippen molar-refractivity contribution in [1.82, 2.24) is 5.32 Å². The summed E-state index contributed by atoms with van der Waals surface area (Å²) >= 11 is 0. The second-order valence-electron chi connectivity index (χ2n) is 7.08. The number of amides is 1. The highest BCUT2D eigenvalue weighted by atomic mass is 16.6. The first-order valence-electron chi connectivity index (χ1n) is 7.27. The number of rotatable bonds is 2. The molecule has 1 N–H and O–H groups in total. The van der Waals surface area contributed by atoms with E-state index in [0.717, 1.165) is 25.7 Å². The zero-order chi connectivity index (χ0) is 14.9. The van der Waals surface area contributed by atoms with E-state index in [0.29, 0.717) is 0 Å². The van der Waals surface area contributed by atoms with Crippen LogP contribution in [0.25, 0.3) is 0 Å². The number of ether oxygens (including phenoxy) is 1. The molecule has 112 valence electrons. The van der Waals surface area contributed by atoms with E-state index in [9.17, 15) is 9.70 Å². The number of fused-ring (bicyclic) bond motifs is 2. The van der Waals surface area contributed by atoms with Gasteiger partial charge in [-0.05, 0) is 58.3 Å². The van der Waals surface area contributed by atoms with Crippen molar-refractivity contribution >= 4 is 6.09 Å². The second kappa shape index (κ2) is 5.54. The van der Waals surface area contributed by atoms with Crippen molar-refractivity contribution in [3.63, 3.8) is 0 Å². The fourth-order valence-corrected chi connectivity index (χ4v) is 3.48. The molecule has 0 spiro atoms. The van der Waals surface area contributed by atoms with E-state index in [1.807, 2.05) is 20.8 Å². The third-order valence-corrected chi connectivity index (χ3v) is 4.10. The zero-order valence-electron chi connectivity index (χ0n) is 12.5. The summed E-state index contributed by atoms with van der Waals surface area (Å²) in [6.07, 6.45) is 2.83. The summed E-state index contributed by atoms with van der Waals surface area (Å²) in [7, 11) is 0. The molecule has 0 aliphatic heterocycles. The predicted octanol–water partition coefficient (Wildman–Crippen LogP) is 3.39. The number of nitrogens with one attached hydrogen (secondary N) is 1. The fraction of sp³-hybridized carbons (Fsp3) is 0.800. The quantitative estimate of drug-likeness (QED) is 0.622. The number of alkyl carbamates (subject to hydrolysis) is 1. The lowest BCUT2D eigenvalue weighted by Gasteiger charge is -2.45. The van der Waals surface area contributed by atoms with E-state index < -0.39 is 5.60 Å². The fourth-order valence-electron chi connectivity index (χ4n) is 3.48. The Morgan fingerprint density at radius 3 is 2.30 bits per heavy atom. The van der Waals surface area contributed by atoms with Gasteiger partial charge in [0.1, 0.15) is 5.60 Å². The lowest BCUT2D eigenvalue weighted by Crippen LogP contribution is -2.53. The summed E-state index contributed by atoms with van der Waals surface area (Å²) in [6, 6.07) is -0.0388. The Bertz CT molecular complexity index is 396. The summed E-state index contributed by atoms with van der Waals surface area (Å²) < 4.78 is 5.33. The number of carbonyl (C=O) groups is 1. The van der Waals surface area contributed by atoms with Gasteiger partial charge in [-0.25, -0.2) is 4.79 Å². The van der Waals surface area contributed by atoms with E-state index >= 15 is 0 Å². The highest BCUT2D eigenvalue weighted by molar-refractivity contribution is 5.68. The van der Waals surface area contributed by atoms with Gasteiger partial charge in [0, 0.05) is 6.04 Å². The molecule has 2 aliphatic carbocycles. The van der Waals surface area contributed by atoms with E-state index in [1.165, 1.54) is 5.57 Å². The number of carbonyl (C=O) groups excluding carboxylic acids is 1. The molecule has 2 unspecified atom stereocenters. The largest absolute Gasteiger partial charge is 0.444 e. The molecule has 1 amide bonds. The van der Waals surface area contributed by atoms with Gasteiger partial charge in [0.2, 0.25) is 0 Å². The highest BCUT2D eigenvalue weighted by Crippen LogP contribution is 2.43. The van der Waals surface area contributed by atoms with Crippen LogP contribution in [0.1, 0.15) is 46.5 Å². The third-order valence-electron chi connectivity index (χ3n) is 4.10. The van der Waals surface area contributed by atoms with Crippen molar-refractivity contribution in [1.29, 1.82) is 0 Å². The van der Waals surface area contributed by atoms with Crippen molar-refractivity contribution in [2.75, 3.05) is 0 Å². The van der Waals surface area contributed by atoms with Crippen molar-refractivity contribution in [2.45, 2.75) is 64.1 Å². The normalized spacial score (nSPS) is 33.5. The monoisotopic (exact) mass is 280 g/mol. The van der Waals surface area contributed by atoms with Crippen molar-refractivity contribution in [2.24, 2.45) is 17.0 Å². The molecule has 2 saturated carbocycles. The summed E-state index contributed by atoms with van der Waals surface area (Å²) in [5.41, 5.74) is 0.719. The number of hydrogen-bond acceptors (Lipinski definition) is 4. The third kappa shape index (κ3) is 3.58. The molecule has 2 aliphatic rings. The molecule has 0 heterocycles. The molecule has 2 bridgehead atoms. The lowest BCUT2D eigenvalue weighted by atomic mass is 9.65. The van der Waals surface area contributed by atoms with Gasteiger partial charge >= 0.3 is 6.09 Å².